The molecule has 2 N–H and O–H groups in total. The molecule has 0 aromatic carbocycles. The Balaban J connectivity index is 3.06. The predicted octanol–water partition coefficient (Wildman–Crippen LogP) is 2.95. The van der Waals surface area contributed by atoms with Gasteiger partial charge in [0.05, 0.1) is 5.60 Å². The molecule has 0 heterocycles. The number of unbranched alkanes of at least 4 members (excludes halogenated alkanes) is 1. The largest absolute Gasteiger partial charge is 0.390 e. The molecule has 2 heteroatoms. The van der Waals surface area contributed by atoms with E-state index in [0.29, 0.717) is 0 Å². The number of aliphatic hydroxyl groups is 1. The van der Waals surface area contributed by atoms with E-state index in [0.717, 1.165) is 31.8 Å². The van der Waals surface area contributed by atoms with Gasteiger partial charge in [0, 0.05) is 0 Å². The van der Waals surface area contributed by atoms with Crippen molar-refractivity contribution < 1.29 is 5.11 Å². The summed E-state index contributed by atoms with van der Waals surface area (Å²) in [4.78, 5) is 0. The Morgan fingerprint density at radius 3 is 2.20 bits per heavy atom. The van der Waals surface area contributed by atoms with E-state index in [9.17, 15) is 5.11 Å². The van der Waals surface area contributed by atoms with E-state index >= 15 is 0 Å². The molecule has 0 saturated heterocycles. The summed E-state index contributed by atoms with van der Waals surface area (Å²) in [7, 11) is 0. The zero-order valence-electron chi connectivity index (χ0n) is 11.0. The fraction of sp³-hybridized carbons (Fsp3) is 1.00. The van der Waals surface area contributed by atoms with Crippen LogP contribution in [0, 0.1) is 5.92 Å². The third-order valence-electron chi connectivity index (χ3n) is 2.53. The van der Waals surface area contributed by atoms with Crippen LogP contribution in [0.15, 0.2) is 0 Å². The van der Waals surface area contributed by atoms with Crippen molar-refractivity contribution >= 4 is 0 Å². The summed E-state index contributed by atoms with van der Waals surface area (Å²) >= 11 is 0. The predicted molar refractivity (Wildman–Crippen MR) is 67.1 cm³/mol. The van der Waals surface area contributed by atoms with E-state index in [-0.39, 0.29) is 0 Å². The highest BCUT2D eigenvalue weighted by atomic mass is 16.3. The summed E-state index contributed by atoms with van der Waals surface area (Å²) in [6, 6.07) is 0. The summed E-state index contributed by atoms with van der Waals surface area (Å²) in [6.07, 6.45) is 5.89. The van der Waals surface area contributed by atoms with Gasteiger partial charge >= 0.3 is 0 Å². The van der Waals surface area contributed by atoms with Crippen molar-refractivity contribution in [1.82, 2.24) is 5.32 Å². The van der Waals surface area contributed by atoms with Crippen LogP contribution in [0.1, 0.15) is 59.8 Å². The van der Waals surface area contributed by atoms with Crippen molar-refractivity contribution in [3.63, 3.8) is 0 Å². The van der Waals surface area contributed by atoms with Crippen LogP contribution >= 0.6 is 0 Å². The van der Waals surface area contributed by atoms with E-state index in [1.807, 2.05) is 13.8 Å². The molecule has 0 bridgehead atoms. The van der Waals surface area contributed by atoms with E-state index in [1.54, 1.807) is 0 Å². The minimum atomic E-state index is -0.501. The standard InChI is InChI=1S/C13H29NO/c1-12(2)8-5-6-10-14-11-7-9-13(3,4)15/h12,14-15H,5-11H2,1-4H3. The Kier molecular flexibility index (Phi) is 8.07. The fourth-order valence-corrected chi connectivity index (χ4v) is 1.57. The first-order chi connectivity index (χ1) is 6.92. The van der Waals surface area contributed by atoms with Crippen molar-refractivity contribution in [3.05, 3.63) is 0 Å². The van der Waals surface area contributed by atoms with Gasteiger partial charge < -0.3 is 10.4 Å². The van der Waals surface area contributed by atoms with Gasteiger partial charge in [-0.1, -0.05) is 26.7 Å². The molecule has 0 amide bonds. The van der Waals surface area contributed by atoms with Gasteiger partial charge in [0.1, 0.15) is 0 Å². The lowest BCUT2D eigenvalue weighted by Gasteiger charge is -2.16. The second kappa shape index (κ2) is 8.12. The maximum absolute atomic E-state index is 9.49. The highest BCUT2D eigenvalue weighted by Gasteiger charge is 2.10. The lowest BCUT2D eigenvalue weighted by Crippen LogP contribution is -2.23. The van der Waals surface area contributed by atoms with Crippen molar-refractivity contribution in [2.75, 3.05) is 13.1 Å². The zero-order valence-corrected chi connectivity index (χ0v) is 11.0. The molecule has 0 atom stereocenters. The minimum Gasteiger partial charge on any atom is -0.390 e. The molecule has 0 aromatic rings. The third-order valence-corrected chi connectivity index (χ3v) is 2.53. The van der Waals surface area contributed by atoms with E-state index in [1.165, 1.54) is 19.3 Å². The fourth-order valence-electron chi connectivity index (χ4n) is 1.57. The topological polar surface area (TPSA) is 32.3 Å². The quantitative estimate of drug-likeness (QED) is 0.580. The first-order valence-corrected chi connectivity index (χ1v) is 6.35. The van der Waals surface area contributed by atoms with Gasteiger partial charge in [0.2, 0.25) is 0 Å². The Bertz CT molecular complexity index is 138. The molecule has 0 aliphatic carbocycles. The van der Waals surface area contributed by atoms with Gasteiger partial charge in [-0.3, -0.25) is 0 Å². The molecule has 0 saturated carbocycles. The van der Waals surface area contributed by atoms with Gasteiger partial charge in [-0.15, -0.1) is 0 Å². The Hall–Kier alpha value is -0.0800. The molecular formula is C13H29NO. The normalized spacial score (nSPS) is 12.4. The SMILES string of the molecule is CC(C)CCCCNCCCC(C)(C)O. The van der Waals surface area contributed by atoms with Crippen LogP contribution < -0.4 is 5.32 Å². The molecule has 0 rings (SSSR count). The second-order valence-corrected chi connectivity index (χ2v) is 5.56. The van der Waals surface area contributed by atoms with Gasteiger partial charge in [-0.25, -0.2) is 0 Å². The lowest BCUT2D eigenvalue weighted by molar-refractivity contribution is 0.0689. The smallest absolute Gasteiger partial charge is 0.0592 e. The van der Waals surface area contributed by atoms with Crippen molar-refractivity contribution in [2.45, 2.75) is 65.4 Å². The maximum Gasteiger partial charge on any atom is 0.0592 e. The van der Waals surface area contributed by atoms with Crippen LogP contribution in [0.2, 0.25) is 0 Å². The average molecular weight is 215 g/mol. The van der Waals surface area contributed by atoms with E-state index < -0.39 is 5.60 Å². The molecule has 92 valence electrons. The Morgan fingerprint density at radius 1 is 1.07 bits per heavy atom. The van der Waals surface area contributed by atoms with Crippen LogP contribution in [0.25, 0.3) is 0 Å². The van der Waals surface area contributed by atoms with Crippen molar-refractivity contribution in [3.8, 4) is 0 Å². The van der Waals surface area contributed by atoms with Crippen LogP contribution in [0.4, 0.5) is 0 Å². The molecule has 15 heavy (non-hydrogen) atoms. The molecule has 0 aliphatic rings. The Labute approximate surface area is 95.5 Å². The first kappa shape index (κ1) is 14.9. The maximum atomic E-state index is 9.49. The van der Waals surface area contributed by atoms with Gasteiger partial charge in [0.25, 0.3) is 0 Å². The van der Waals surface area contributed by atoms with E-state index in [2.05, 4.69) is 19.2 Å². The van der Waals surface area contributed by atoms with Crippen LogP contribution in [-0.4, -0.2) is 23.8 Å². The number of rotatable bonds is 9. The third kappa shape index (κ3) is 13.9. The summed E-state index contributed by atoms with van der Waals surface area (Å²) in [5.41, 5.74) is -0.501. The molecule has 0 aliphatic heterocycles. The Morgan fingerprint density at radius 2 is 1.67 bits per heavy atom. The van der Waals surface area contributed by atoms with Crippen molar-refractivity contribution in [2.24, 2.45) is 5.92 Å². The van der Waals surface area contributed by atoms with Gasteiger partial charge in [-0.05, 0) is 52.1 Å². The summed E-state index contributed by atoms with van der Waals surface area (Å²) in [6.45, 7) is 10.4. The molecule has 0 fully saturated rings. The highest BCUT2D eigenvalue weighted by Crippen LogP contribution is 2.09. The minimum absolute atomic E-state index is 0.501. The summed E-state index contributed by atoms with van der Waals surface area (Å²) < 4.78 is 0. The van der Waals surface area contributed by atoms with Gasteiger partial charge in [-0.2, -0.15) is 0 Å². The van der Waals surface area contributed by atoms with Crippen LogP contribution in [-0.2, 0) is 0 Å². The number of nitrogens with one attached hydrogen (secondary N) is 1. The highest BCUT2D eigenvalue weighted by molar-refractivity contribution is 4.65. The van der Waals surface area contributed by atoms with Crippen molar-refractivity contribution in [1.29, 1.82) is 0 Å². The first-order valence-electron chi connectivity index (χ1n) is 6.35. The zero-order chi connectivity index (χ0) is 11.7. The lowest BCUT2D eigenvalue weighted by atomic mass is 10.0. The molecule has 2 nitrogen and oxygen atoms in total. The average Bonchev–Trinajstić information content (AvgIpc) is 2.07. The monoisotopic (exact) mass is 215 g/mol. The van der Waals surface area contributed by atoms with Gasteiger partial charge in [0.15, 0.2) is 0 Å². The molecular weight excluding hydrogens is 186 g/mol. The number of hydrogen-bond donors (Lipinski definition) is 2. The van der Waals surface area contributed by atoms with E-state index in [4.69, 9.17) is 0 Å². The molecule has 0 unspecified atom stereocenters. The van der Waals surface area contributed by atoms with Crippen LogP contribution in [0.3, 0.4) is 0 Å². The number of hydrogen-bond acceptors (Lipinski definition) is 2. The van der Waals surface area contributed by atoms with Crippen LogP contribution in [0.5, 0.6) is 0 Å². The second-order valence-electron chi connectivity index (χ2n) is 5.56. The summed E-state index contributed by atoms with van der Waals surface area (Å²) in [5.74, 6) is 0.834. The molecule has 0 radical (unpaired) electrons. The molecule has 0 spiro atoms. The molecule has 0 aromatic heterocycles. The summed E-state index contributed by atoms with van der Waals surface area (Å²) in [5, 5.41) is 12.9.